The second kappa shape index (κ2) is 5.40. The average molecular weight is 281 g/mol. The standard InChI is InChI=1S/C14H14F3N3/c1-9-2-3-10(7-19-9)8-20-13-5-4-11(6-12(13)18)14(15,16)17/h2-7,20H,8,18H2,1H3. The number of rotatable bonds is 3. The highest BCUT2D eigenvalue weighted by atomic mass is 19.4. The number of halogens is 3. The minimum atomic E-state index is -4.38. The Morgan fingerprint density at radius 2 is 1.95 bits per heavy atom. The van der Waals surface area contributed by atoms with Crippen molar-refractivity contribution in [2.24, 2.45) is 0 Å². The van der Waals surface area contributed by atoms with Crippen LogP contribution < -0.4 is 11.1 Å². The van der Waals surface area contributed by atoms with Gasteiger partial charge < -0.3 is 11.1 Å². The molecule has 0 aliphatic heterocycles. The van der Waals surface area contributed by atoms with Crippen LogP contribution in [0.25, 0.3) is 0 Å². The molecule has 0 saturated carbocycles. The van der Waals surface area contributed by atoms with Crippen LogP contribution in [0.2, 0.25) is 0 Å². The van der Waals surface area contributed by atoms with Crippen LogP contribution in [0.4, 0.5) is 24.5 Å². The van der Waals surface area contributed by atoms with Gasteiger partial charge >= 0.3 is 6.18 Å². The molecule has 0 unspecified atom stereocenters. The Kier molecular flexibility index (Phi) is 3.83. The number of benzene rings is 1. The Bertz CT molecular complexity index is 592. The summed E-state index contributed by atoms with van der Waals surface area (Å²) < 4.78 is 37.5. The zero-order chi connectivity index (χ0) is 14.8. The van der Waals surface area contributed by atoms with Gasteiger partial charge in [0.25, 0.3) is 0 Å². The van der Waals surface area contributed by atoms with Crippen molar-refractivity contribution in [3.05, 3.63) is 53.3 Å². The monoisotopic (exact) mass is 281 g/mol. The van der Waals surface area contributed by atoms with Gasteiger partial charge in [-0.3, -0.25) is 4.98 Å². The summed E-state index contributed by atoms with van der Waals surface area (Å²) in [5.41, 5.74) is 7.25. The fourth-order valence-electron chi connectivity index (χ4n) is 1.70. The summed E-state index contributed by atoms with van der Waals surface area (Å²) in [5.74, 6) is 0. The molecule has 3 nitrogen and oxygen atoms in total. The SMILES string of the molecule is Cc1ccc(CNc2ccc(C(F)(F)F)cc2N)cn1. The molecule has 0 radical (unpaired) electrons. The Hall–Kier alpha value is -2.24. The molecule has 1 heterocycles. The smallest absolute Gasteiger partial charge is 0.397 e. The van der Waals surface area contributed by atoms with Gasteiger partial charge in [0.2, 0.25) is 0 Å². The molecule has 0 aliphatic carbocycles. The van der Waals surface area contributed by atoms with E-state index in [1.165, 1.54) is 6.07 Å². The highest BCUT2D eigenvalue weighted by molar-refractivity contribution is 5.67. The van der Waals surface area contributed by atoms with E-state index in [1.807, 2.05) is 19.1 Å². The molecule has 106 valence electrons. The van der Waals surface area contributed by atoms with E-state index < -0.39 is 11.7 Å². The Morgan fingerprint density at radius 3 is 2.50 bits per heavy atom. The maximum absolute atomic E-state index is 12.5. The van der Waals surface area contributed by atoms with Gasteiger partial charge in [-0.15, -0.1) is 0 Å². The summed E-state index contributed by atoms with van der Waals surface area (Å²) in [6.07, 6.45) is -2.67. The molecule has 2 rings (SSSR count). The van der Waals surface area contributed by atoms with Crippen LogP contribution in [-0.4, -0.2) is 4.98 Å². The third kappa shape index (κ3) is 3.40. The molecule has 1 aromatic carbocycles. The number of hydrogen-bond donors (Lipinski definition) is 2. The van der Waals surface area contributed by atoms with Crippen LogP contribution in [0.3, 0.4) is 0 Å². The molecule has 0 atom stereocenters. The molecular weight excluding hydrogens is 267 g/mol. The number of anilines is 2. The lowest BCUT2D eigenvalue weighted by Gasteiger charge is -2.12. The summed E-state index contributed by atoms with van der Waals surface area (Å²) in [7, 11) is 0. The number of aryl methyl sites for hydroxylation is 1. The van der Waals surface area contributed by atoms with E-state index >= 15 is 0 Å². The second-order valence-corrected chi connectivity index (χ2v) is 4.46. The minimum absolute atomic E-state index is 0.0693. The number of pyridine rings is 1. The van der Waals surface area contributed by atoms with Crippen molar-refractivity contribution in [2.45, 2.75) is 19.6 Å². The lowest BCUT2D eigenvalue weighted by atomic mass is 10.1. The van der Waals surface area contributed by atoms with E-state index in [4.69, 9.17) is 5.73 Å². The van der Waals surface area contributed by atoms with Crippen molar-refractivity contribution < 1.29 is 13.2 Å². The van der Waals surface area contributed by atoms with E-state index in [0.717, 1.165) is 23.4 Å². The molecule has 0 saturated heterocycles. The molecule has 1 aromatic heterocycles. The van der Waals surface area contributed by atoms with Gasteiger partial charge in [-0.05, 0) is 36.8 Å². The topological polar surface area (TPSA) is 50.9 Å². The van der Waals surface area contributed by atoms with Crippen LogP contribution in [0.15, 0.2) is 36.5 Å². The molecule has 6 heteroatoms. The number of aromatic nitrogens is 1. The summed E-state index contributed by atoms with van der Waals surface area (Å²) in [6.45, 7) is 2.33. The number of nitrogens with one attached hydrogen (secondary N) is 1. The molecule has 0 fully saturated rings. The molecule has 0 spiro atoms. The summed E-state index contributed by atoms with van der Waals surface area (Å²) in [4.78, 5) is 4.14. The zero-order valence-electron chi connectivity index (χ0n) is 10.8. The van der Waals surface area contributed by atoms with E-state index in [1.54, 1.807) is 6.20 Å². The first-order valence-electron chi connectivity index (χ1n) is 5.98. The van der Waals surface area contributed by atoms with Crippen LogP contribution in [-0.2, 0) is 12.7 Å². The van der Waals surface area contributed by atoms with Gasteiger partial charge in [-0.25, -0.2) is 0 Å². The zero-order valence-corrected chi connectivity index (χ0v) is 10.8. The van der Waals surface area contributed by atoms with Crippen molar-refractivity contribution in [2.75, 3.05) is 11.1 Å². The van der Waals surface area contributed by atoms with Gasteiger partial charge in [0.15, 0.2) is 0 Å². The summed E-state index contributed by atoms with van der Waals surface area (Å²) in [6, 6.07) is 7.03. The molecule has 2 aromatic rings. The van der Waals surface area contributed by atoms with Gasteiger partial charge in [0, 0.05) is 18.4 Å². The molecule has 0 bridgehead atoms. The quantitative estimate of drug-likeness (QED) is 0.845. The fraction of sp³-hybridized carbons (Fsp3) is 0.214. The molecule has 0 aliphatic rings. The van der Waals surface area contributed by atoms with Crippen molar-refractivity contribution in [3.63, 3.8) is 0 Å². The van der Waals surface area contributed by atoms with Crippen LogP contribution in [0.5, 0.6) is 0 Å². The second-order valence-electron chi connectivity index (χ2n) is 4.46. The van der Waals surface area contributed by atoms with Crippen molar-refractivity contribution in [1.82, 2.24) is 4.98 Å². The summed E-state index contributed by atoms with van der Waals surface area (Å²) in [5, 5.41) is 2.99. The van der Waals surface area contributed by atoms with E-state index in [2.05, 4.69) is 10.3 Å². The fourth-order valence-corrected chi connectivity index (χ4v) is 1.70. The third-order valence-corrected chi connectivity index (χ3v) is 2.83. The van der Waals surface area contributed by atoms with Crippen LogP contribution >= 0.6 is 0 Å². The highest BCUT2D eigenvalue weighted by Gasteiger charge is 2.30. The predicted molar refractivity (Wildman–Crippen MR) is 72.2 cm³/mol. The predicted octanol–water partition coefficient (Wildman–Crippen LogP) is 3.60. The van der Waals surface area contributed by atoms with E-state index in [9.17, 15) is 13.2 Å². The first-order valence-corrected chi connectivity index (χ1v) is 5.98. The average Bonchev–Trinajstić information content (AvgIpc) is 2.38. The van der Waals surface area contributed by atoms with Crippen LogP contribution in [0, 0.1) is 6.92 Å². The van der Waals surface area contributed by atoms with Gasteiger partial charge in [-0.2, -0.15) is 13.2 Å². The minimum Gasteiger partial charge on any atom is -0.397 e. The van der Waals surface area contributed by atoms with Crippen molar-refractivity contribution in [3.8, 4) is 0 Å². The largest absolute Gasteiger partial charge is 0.416 e. The van der Waals surface area contributed by atoms with Gasteiger partial charge in [0.1, 0.15) is 0 Å². The lowest BCUT2D eigenvalue weighted by Crippen LogP contribution is -2.08. The highest BCUT2D eigenvalue weighted by Crippen LogP contribution is 2.32. The number of hydrogen-bond acceptors (Lipinski definition) is 3. The maximum Gasteiger partial charge on any atom is 0.416 e. The molecule has 3 N–H and O–H groups in total. The first-order chi connectivity index (χ1) is 9.36. The molecule has 0 amide bonds. The Balaban J connectivity index is 2.08. The number of nitrogens with zero attached hydrogens (tertiary/aromatic N) is 1. The van der Waals surface area contributed by atoms with E-state index in [0.29, 0.717) is 12.2 Å². The lowest BCUT2D eigenvalue weighted by molar-refractivity contribution is -0.137. The molecular formula is C14H14F3N3. The summed E-state index contributed by atoms with van der Waals surface area (Å²) >= 11 is 0. The van der Waals surface area contributed by atoms with E-state index in [-0.39, 0.29) is 5.69 Å². The Labute approximate surface area is 114 Å². The van der Waals surface area contributed by atoms with Crippen molar-refractivity contribution in [1.29, 1.82) is 0 Å². The number of nitrogens with two attached hydrogens (primary N) is 1. The van der Waals surface area contributed by atoms with Crippen LogP contribution in [0.1, 0.15) is 16.8 Å². The molecule has 20 heavy (non-hydrogen) atoms. The van der Waals surface area contributed by atoms with Gasteiger partial charge in [-0.1, -0.05) is 6.07 Å². The first kappa shape index (κ1) is 14.2. The number of alkyl halides is 3. The van der Waals surface area contributed by atoms with Gasteiger partial charge in [0.05, 0.1) is 16.9 Å². The third-order valence-electron chi connectivity index (χ3n) is 2.83. The number of nitrogen functional groups attached to an aromatic ring is 1. The maximum atomic E-state index is 12.5. The normalized spacial score (nSPS) is 11.4. The Morgan fingerprint density at radius 1 is 1.20 bits per heavy atom. The van der Waals surface area contributed by atoms with Crippen molar-refractivity contribution >= 4 is 11.4 Å².